The Bertz CT molecular complexity index is 783. The topological polar surface area (TPSA) is 43.3 Å². The molecule has 0 bridgehead atoms. The lowest BCUT2D eigenvalue weighted by Gasteiger charge is -2.02. The van der Waals surface area contributed by atoms with Crippen LogP contribution in [0.2, 0.25) is 5.02 Å². The van der Waals surface area contributed by atoms with Crippen LogP contribution >= 0.6 is 43.5 Å². The minimum absolute atomic E-state index is 0.592. The Morgan fingerprint density at radius 1 is 1.16 bits per heavy atom. The molecule has 3 aromatic rings. The Kier molecular flexibility index (Phi) is 3.28. The number of nitrogens with zero attached hydrogens (tertiary/aromatic N) is 2. The Hall–Kier alpha value is -1.04. The first-order valence-corrected chi connectivity index (χ1v) is 7.41. The third kappa shape index (κ3) is 2.26. The van der Waals surface area contributed by atoms with Crippen molar-refractivity contribution in [2.24, 2.45) is 0 Å². The fourth-order valence-electron chi connectivity index (χ4n) is 1.89. The molecule has 0 radical (unpaired) electrons. The standard InChI is InChI=1S/C13H8Br2ClN3/c14-8-2-4-11-18-12(13(17)19(11)6-8)7-1-3-9(15)10(16)5-7/h1-6H,17H2. The van der Waals surface area contributed by atoms with Gasteiger partial charge in [-0.1, -0.05) is 17.7 Å². The van der Waals surface area contributed by atoms with Crippen LogP contribution in [0.15, 0.2) is 45.5 Å². The number of hydrogen-bond donors (Lipinski definition) is 1. The summed E-state index contributed by atoms with van der Waals surface area (Å²) in [5.74, 6) is 0.592. The minimum atomic E-state index is 0.592. The van der Waals surface area contributed by atoms with Gasteiger partial charge < -0.3 is 5.73 Å². The van der Waals surface area contributed by atoms with Gasteiger partial charge in [-0.25, -0.2) is 4.98 Å². The molecule has 0 saturated heterocycles. The lowest BCUT2D eigenvalue weighted by Crippen LogP contribution is -1.94. The number of anilines is 1. The lowest BCUT2D eigenvalue weighted by atomic mass is 10.1. The molecule has 6 heteroatoms. The number of fused-ring (bicyclic) bond motifs is 1. The van der Waals surface area contributed by atoms with E-state index in [4.69, 9.17) is 17.3 Å². The second kappa shape index (κ2) is 4.81. The van der Waals surface area contributed by atoms with Gasteiger partial charge in [-0.05, 0) is 56.1 Å². The van der Waals surface area contributed by atoms with Crippen molar-refractivity contribution in [2.75, 3.05) is 5.73 Å². The third-order valence-electron chi connectivity index (χ3n) is 2.81. The monoisotopic (exact) mass is 399 g/mol. The molecule has 0 aliphatic carbocycles. The molecule has 19 heavy (non-hydrogen) atoms. The highest BCUT2D eigenvalue weighted by molar-refractivity contribution is 9.10. The summed E-state index contributed by atoms with van der Waals surface area (Å²) in [4.78, 5) is 4.54. The largest absolute Gasteiger partial charge is 0.383 e. The van der Waals surface area contributed by atoms with E-state index < -0.39 is 0 Å². The van der Waals surface area contributed by atoms with Crippen molar-refractivity contribution < 1.29 is 0 Å². The van der Waals surface area contributed by atoms with E-state index in [1.165, 1.54) is 0 Å². The highest BCUT2D eigenvalue weighted by Crippen LogP contribution is 2.32. The van der Waals surface area contributed by atoms with Crippen molar-refractivity contribution >= 4 is 54.9 Å². The molecule has 0 fully saturated rings. The van der Waals surface area contributed by atoms with Crippen molar-refractivity contribution in [1.29, 1.82) is 0 Å². The van der Waals surface area contributed by atoms with Crippen LogP contribution in [0.3, 0.4) is 0 Å². The zero-order valence-electron chi connectivity index (χ0n) is 9.57. The van der Waals surface area contributed by atoms with Gasteiger partial charge >= 0.3 is 0 Å². The smallest absolute Gasteiger partial charge is 0.139 e. The van der Waals surface area contributed by atoms with Crippen molar-refractivity contribution in [3.63, 3.8) is 0 Å². The maximum absolute atomic E-state index is 6.15. The van der Waals surface area contributed by atoms with E-state index in [1.807, 2.05) is 40.9 Å². The summed E-state index contributed by atoms with van der Waals surface area (Å²) in [6.45, 7) is 0. The van der Waals surface area contributed by atoms with Crippen LogP contribution in [0.5, 0.6) is 0 Å². The van der Waals surface area contributed by atoms with E-state index in [-0.39, 0.29) is 0 Å². The Balaban J connectivity index is 2.24. The number of hydrogen-bond acceptors (Lipinski definition) is 2. The number of aromatic nitrogens is 2. The molecular weight excluding hydrogens is 393 g/mol. The molecule has 1 aromatic carbocycles. The second-order valence-electron chi connectivity index (χ2n) is 4.05. The molecule has 0 amide bonds. The zero-order chi connectivity index (χ0) is 13.6. The molecule has 96 valence electrons. The predicted molar refractivity (Wildman–Crippen MR) is 85.5 cm³/mol. The number of nitrogens with two attached hydrogens (primary N) is 1. The summed E-state index contributed by atoms with van der Waals surface area (Å²) in [5.41, 5.74) is 8.58. The van der Waals surface area contributed by atoms with Crippen LogP contribution in [0, 0.1) is 0 Å². The van der Waals surface area contributed by atoms with Crippen LogP contribution in [0.1, 0.15) is 0 Å². The SMILES string of the molecule is Nc1c(-c2ccc(Br)c(Cl)c2)nc2ccc(Br)cn12. The first-order chi connectivity index (χ1) is 9.06. The second-order valence-corrected chi connectivity index (χ2v) is 6.23. The summed E-state index contributed by atoms with van der Waals surface area (Å²) in [6.07, 6.45) is 1.89. The fraction of sp³-hybridized carbons (Fsp3) is 0. The van der Waals surface area contributed by atoms with Crippen molar-refractivity contribution in [3.8, 4) is 11.3 Å². The van der Waals surface area contributed by atoms with Gasteiger partial charge in [-0.15, -0.1) is 0 Å². The summed E-state index contributed by atoms with van der Waals surface area (Å²) < 4.78 is 3.64. The number of imidazole rings is 1. The Morgan fingerprint density at radius 2 is 1.95 bits per heavy atom. The van der Waals surface area contributed by atoms with Crippen LogP contribution in [-0.4, -0.2) is 9.38 Å². The highest BCUT2D eigenvalue weighted by atomic mass is 79.9. The lowest BCUT2D eigenvalue weighted by molar-refractivity contribution is 1.18. The number of halogens is 3. The van der Waals surface area contributed by atoms with Gasteiger partial charge in [0.2, 0.25) is 0 Å². The van der Waals surface area contributed by atoms with Gasteiger partial charge in [0.15, 0.2) is 0 Å². The minimum Gasteiger partial charge on any atom is -0.383 e. The van der Waals surface area contributed by atoms with Crippen molar-refractivity contribution in [3.05, 3.63) is 50.5 Å². The van der Waals surface area contributed by atoms with E-state index >= 15 is 0 Å². The Morgan fingerprint density at radius 3 is 2.68 bits per heavy atom. The number of pyridine rings is 1. The van der Waals surface area contributed by atoms with E-state index in [2.05, 4.69) is 36.8 Å². The molecule has 3 rings (SSSR count). The van der Waals surface area contributed by atoms with Crippen LogP contribution in [0.25, 0.3) is 16.9 Å². The zero-order valence-corrected chi connectivity index (χ0v) is 13.5. The van der Waals surface area contributed by atoms with E-state index in [1.54, 1.807) is 0 Å². The average molecular weight is 401 g/mol. The summed E-state index contributed by atoms with van der Waals surface area (Å²) in [6, 6.07) is 9.50. The number of benzene rings is 1. The normalized spacial score (nSPS) is 11.1. The molecule has 0 saturated carbocycles. The van der Waals surface area contributed by atoms with Crippen LogP contribution < -0.4 is 5.73 Å². The molecule has 0 aliphatic heterocycles. The van der Waals surface area contributed by atoms with Gasteiger partial charge in [0.05, 0.1) is 5.02 Å². The molecule has 0 aliphatic rings. The molecule has 0 spiro atoms. The maximum Gasteiger partial charge on any atom is 0.139 e. The quantitative estimate of drug-likeness (QED) is 0.639. The van der Waals surface area contributed by atoms with Crippen LogP contribution in [-0.2, 0) is 0 Å². The van der Waals surface area contributed by atoms with Crippen LogP contribution in [0.4, 0.5) is 5.82 Å². The fourth-order valence-corrected chi connectivity index (χ4v) is 2.66. The van der Waals surface area contributed by atoms with Gasteiger partial charge in [-0.2, -0.15) is 0 Å². The highest BCUT2D eigenvalue weighted by Gasteiger charge is 2.12. The molecular formula is C13H8Br2ClN3. The Labute approximate surface area is 131 Å². The van der Waals surface area contributed by atoms with Crippen molar-refractivity contribution in [2.45, 2.75) is 0 Å². The van der Waals surface area contributed by atoms with Gasteiger partial charge in [0.1, 0.15) is 17.2 Å². The van der Waals surface area contributed by atoms with Gasteiger partial charge in [-0.3, -0.25) is 4.40 Å². The first kappa shape index (κ1) is 13.0. The predicted octanol–water partition coefficient (Wildman–Crippen LogP) is 4.76. The summed E-state index contributed by atoms with van der Waals surface area (Å²) >= 11 is 12.9. The number of rotatable bonds is 1. The maximum atomic E-state index is 6.15. The van der Waals surface area contributed by atoms with E-state index in [0.29, 0.717) is 10.8 Å². The molecule has 0 atom stereocenters. The molecule has 3 nitrogen and oxygen atoms in total. The van der Waals surface area contributed by atoms with Gasteiger partial charge in [0, 0.05) is 20.7 Å². The molecule has 2 heterocycles. The summed E-state index contributed by atoms with van der Waals surface area (Å²) in [5, 5.41) is 0.634. The average Bonchev–Trinajstić information content (AvgIpc) is 2.70. The molecule has 0 unspecified atom stereocenters. The first-order valence-electron chi connectivity index (χ1n) is 5.45. The third-order valence-corrected chi connectivity index (χ3v) is 4.51. The van der Waals surface area contributed by atoms with E-state index in [0.717, 1.165) is 25.8 Å². The summed E-state index contributed by atoms with van der Waals surface area (Å²) in [7, 11) is 0. The number of nitrogen functional groups attached to an aromatic ring is 1. The molecule has 2 aromatic heterocycles. The van der Waals surface area contributed by atoms with E-state index in [9.17, 15) is 0 Å². The molecule has 2 N–H and O–H groups in total. The van der Waals surface area contributed by atoms with Crippen molar-refractivity contribution in [1.82, 2.24) is 9.38 Å². The van der Waals surface area contributed by atoms with Gasteiger partial charge in [0.25, 0.3) is 0 Å².